The second-order valence-corrected chi connectivity index (χ2v) is 11.7. The van der Waals surface area contributed by atoms with Gasteiger partial charge in [0.25, 0.3) is 10.0 Å². The van der Waals surface area contributed by atoms with Gasteiger partial charge in [-0.3, -0.25) is 4.72 Å². The second kappa shape index (κ2) is 7.95. The predicted molar refractivity (Wildman–Crippen MR) is 123 cm³/mol. The number of nitrogens with zero attached hydrogens (tertiary/aromatic N) is 1. The van der Waals surface area contributed by atoms with E-state index in [1.54, 1.807) is 6.07 Å². The number of benzene rings is 2. The number of hydrogen-bond donors (Lipinski definition) is 2. The van der Waals surface area contributed by atoms with Crippen LogP contribution in [-0.2, 0) is 10.0 Å². The van der Waals surface area contributed by atoms with E-state index < -0.39 is 21.8 Å². The first kappa shape index (κ1) is 21.9. The van der Waals surface area contributed by atoms with Crippen molar-refractivity contribution in [2.24, 2.45) is 11.8 Å². The van der Waals surface area contributed by atoms with Crippen LogP contribution in [0.5, 0.6) is 5.75 Å². The summed E-state index contributed by atoms with van der Waals surface area (Å²) in [5.41, 5.74) is 1.07. The zero-order valence-corrected chi connectivity index (χ0v) is 19.5. The fourth-order valence-electron chi connectivity index (χ4n) is 5.73. The van der Waals surface area contributed by atoms with Crippen molar-refractivity contribution in [1.82, 2.24) is 4.90 Å². The number of carbonyl (C=O) groups is 1. The SMILES string of the molecule is O=C(O)c1c(NS(=O)(=O)c2ccc(F)cc2C2C[C@@H]2CN2CCCC2)ccc2c1OC[C@@H]1C[C@H]21. The number of rotatable bonds is 7. The molecule has 0 spiro atoms. The monoisotopic (exact) mass is 486 g/mol. The summed E-state index contributed by atoms with van der Waals surface area (Å²) in [6, 6.07) is 6.98. The Morgan fingerprint density at radius 1 is 1.12 bits per heavy atom. The molecule has 34 heavy (non-hydrogen) atoms. The standard InChI is InChI=1S/C25H27FN2O5S/c26-16-3-6-22(20(11-16)18-9-14(18)12-28-7-1-2-8-28)34(31,32)27-21-5-4-17-19-10-15(19)13-33-24(17)23(21)25(29)30/h3-6,11,14-15,18-19,27H,1-2,7-10,12-13H2,(H,29,30)/t14-,15+,18?,19+/m1/s1. The Hall–Kier alpha value is -2.65. The molecule has 0 amide bonds. The zero-order valence-electron chi connectivity index (χ0n) is 18.7. The number of aromatic carboxylic acids is 1. The fraction of sp³-hybridized carbons (Fsp3) is 0.480. The summed E-state index contributed by atoms with van der Waals surface area (Å²) in [4.78, 5) is 14.5. The van der Waals surface area contributed by atoms with E-state index in [1.165, 1.54) is 31.0 Å². The molecule has 180 valence electrons. The summed E-state index contributed by atoms with van der Waals surface area (Å²) in [7, 11) is -4.15. The molecule has 0 radical (unpaired) electrons. The first-order valence-electron chi connectivity index (χ1n) is 11.9. The Bertz CT molecular complexity index is 1270. The van der Waals surface area contributed by atoms with E-state index in [0.29, 0.717) is 24.0 Å². The Kier molecular flexibility index (Phi) is 5.11. The van der Waals surface area contributed by atoms with Crippen LogP contribution in [0.4, 0.5) is 10.1 Å². The van der Waals surface area contributed by atoms with E-state index in [-0.39, 0.29) is 33.7 Å². The number of carboxylic acid groups (broad SMARTS) is 1. The molecular weight excluding hydrogens is 459 g/mol. The minimum atomic E-state index is -4.15. The molecule has 2 aliphatic heterocycles. The van der Waals surface area contributed by atoms with Gasteiger partial charge in [0.2, 0.25) is 0 Å². The molecule has 7 nitrogen and oxygen atoms in total. The first-order valence-corrected chi connectivity index (χ1v) is 13.4. The molecule has 2 saturated carbocycles. The summed E-state index contributed by atoms with van der Waals surface area (Å²) < 4.78 is 49.3. The minimum absolute atomic E-state index is 0.0000525. The summed E-state index contributed by atoms with van der Waals surface area (Å²) in [6.07, 6.45) is 4.13. The highest BCUT2D eigenvalue weighted by atomic mass is 32.2. The van der Waals surface area contributed by atoms with Crippen LogP contribution in [0.3, 0.4) is 0 Å². The molecular formula is C25H27FN2O5S. The molecule has 4 atom stereocenters. The van der Waals surface area contributed by atoms with Gasteiger partial charge in [0.15, 0.2) is 0 Å². The van der Waals surface area contributed by atoms with E-state index in [2.05, 4.69) is 9.62 Å². The minimum Gasteiger partial charge on any atom is -0.492 e. The second-order valence-electron chi connectivity index (χ2n) is 10.0. The molecule has 2 heterocycles. The summed E-state index contributed by atoms with van der Waals surface area (Å²) in [5.74, 6) is -0.524. The maximum absolute atomic E-state index is 14.2. The lowest BCUT2D eigenvalue weighted by molar-refractivity contribution is 0.0692. The van der Waals surface area contributed by atoms with Crippen molar-refractivity contribution in [3.63, 3.8) is 0 Å². The van der Waals surface area contributed by atoms with Gasteiger partial charge in [0.05, 0.1) is 17.2 Å². The quantitative estimate of drug-likeness (QED) is 0.614. The predicted octanol–water partition coefficient (Wildman–Crippen LogP) is 4.02. The third kappa shape index (κ3) is 3.84. The van der Waals surface area contributed by atoms with Crippen molar-refractivity contribution >= 4 is 21.7 Å². The maximum Gasteiger partial charge on any atom is 0.341 e. The highest BCUT2D eigenvalue weighted by Crippen LogP contribution is 2.55. The van der Waals surface area contributed by atoms with Crippen LogP contribution in [0.2, 0.25) is 0 Å². The average molecular weight is 487 g/mol. The van der Waals surface area contributed by atoms with E-state index in [1.807, 2.05) is 0 Å². The summed E-state index contributed by atoms with van der Waals surface area (Å²) >= 11 is 0. The van der Waals surface area contributed by atoms with Crippen molar-refractivity contribution in [2.75, 3.05) is 31.0 Å². The molecule has 2 aromatic rings. The number of likely N-dealkylation sites (tertiary alicyclic amines) is 1. The van der Waals surface area contributed by atoms with Gasteiger partial charge in [-0.25, -0.2) is 17.6 Å². The van der Waals surface area contributed by atoms with E-state index in [9.17, 15) is 22.7 Å². The van der Waals surface area contributed by atoms with E-state index in [4.69, 9.17) is 4.74 Å². The molecule has 0 aromatic heterocycles. The highest BCUT2D eigenvalue weighted by Gasteiger charge is 2.46. The van der Waals surface area contributed by atoms with Crippen LogP contribution in [0.15, 0.2) is 35.2 Å². The van der Waals surface area contributed by atoms with Crippen molar-refractivity contribution in [3.8, 4) is 5.75 Å². The van der Waals surface area contributed by atoms with Gasteiger partial charge in [-0.05, 0) is 91.9 Å². The molecule has 2 aliphatic carbocycles. The maximum atomic E-state index is 14.2. The van der Waals surface area contributed by atoms with Crippen LogP contribution >= 0.6 is 0 Å². The third-order valence-corrected chi connectivity index (χ3v) is 9.12. The number of fused-ring (bicyclic) bond motifs is 3. The van der Waals surface area contributed by atoms with Crippen LogP contribution in [0.1, 0.15) is 59.0 Å². The Balaban J connectivity index is 1.31. The Morgan fingerprint density at radius 3 is 2.68 bits per heavy atom. The smallest absolute Gasteiger partial charge is 0.341 e. The molecule has 1 saturated heterocycles. The van der Waals surface area contributed by atoms with Gasteiger partial charge in [-0.15, -0.1) is 0 Å². The number of sulfonamides is 1. The normalized spacial score (nSPS) is 27.4. The summed E-state index contributed by atoms with van der Waals surface area (Å²) in [6.45, 7) is 3.44. The van der Waals surface area contributed by atoms with Gasteiger partial charge >= 0.3 is 5.97 Å². The third-order valence-electron chi connectivity index (χ3n) is 7.68. The summed E-state index contributed by atoms with van der Waals surface area (Å²) in [5, 5.41) is 9.88. The number of halogens is 1. The van der Waals surface area contributed by atoms with E-state index in [0.717, 1.165) is 44.1 Å². The van der Waals surface area contributed by atoms with Crippen LogP contribution in [0.25, 0.3) is 0 Å². The van der Waals surface area contributed by atoms with E-state index >= 15 is 0 Å². The molecule has 4 aliphatic rings. The number of carboxylic acids is 1. The topological polar surface area (TPSA) is 95.9 Å². The van der Waals surface area contributed by atoms with Crippen molar-refractivity contribution in [3.05, 3.63) is 52.8 Å². The zero-order chi connectivity index (χ0) is 23.6. The molecule has 2 N–H and O–H groups in total. The molecule has 6 rings (SSSR count). The number of ether oxygens (including phenoxy) is 1. The molecule has 1 unspecified atom stereocenters. The molecule has 0 bridgehead atoms. The molecule has 9 heteroatoms. The lowest BCUT2D eigenvalue weighted by Crippen LogP contribution is -2.22. The first-order chi connectivity index (χ1) is 16.3. The van der Waals surface area contributed by atoms with Crippen LogP contribution in [-0.4, -0.2) is 50.6 Å². The largest absolute Gasteiger partial charge is 0.492 e. The molecule has 3 fully saturated rings. The van der Waals surface area contributed by atoms with Gasteiger partial charge in [0.1, 0.15) is 17.1 Å². The Labute approximate surface area is 198 Å². The molecule has 2 aromatic carbocycles. The average Bonchev–Trinajstić information content (AvgIpc) is 3.68. The number of hydrogen-bond acceptors (Lipinski definition) is 5. The van der Waals surface area contributed by atoms with Gasteiger partial charge in [-0.1, -0.05) is 6.07 Å². The highest BCUT2D eigenvalue weighted by molar-refractivity contribution is 7.92. The van der Waals surface area contributed by atoms with Gasteiger partial charge < -0.3 is 14.7 Å². The van der Waals surface area contributed by atoms with Crippen LogP contribution in [0, 0.1) is 17.7 Å². The lowest BCUT2D eigenvalue weighted by atomic mass is 10.0. The van der Waals surface area contributed by atoms with Crippen LogP contribution < -0.4 is 9.46 Å². The van der Waals surface area contributed by atoms with Gasteiger partial charge in [0, 0.05) is 12.5 Å². The number of nitrogens with one attached hydrogen (secondary N) is 1. The Morgan fingerprint density at radius 2 is 1.91 bits per heavy atom. The van der Waals surface area contributed by atoms with Crippen molar-refractivity contribution in [1.29, 1.82) is 0 Å². The van der Waals surface area contributed by atoms with Gasteiger partial charge in [-0.2, -0.15) is 0 Å². The number of anilines is 1. The van der Waals surface area contributed by atoms with Crippen molar-refractivity contribution < 1.29 is 27.4 Å². The fourth-order valence-corrected chi connectivity index (χ4v) is 7.06. The van der Waals surface area contributed by atoms with Crippen molar-refractivity contribution in [2.45, 2.75) is 42.4 Å². The lowest BCUT2D eigenvalue weighted by Gasteiger charge is -2.21.